The Morgan fingerprint density at radius 3 is 2.10 bits per heavy atom. The summed E-state index contributed by atoms with van der Waals surface area (Å²) in [6.07, 6.45) is -3.38. The highest BCUT2D eigenvalue weighted by Crippen LogP contribution is 2.46. The van der Waals surface area contributed by atoms with Gasteiger partial charge in [0.25, 0.3) is 0 Å². The number of aryl methyl sites for hydroxylation is 1. The molecule has 7 nitrogen and oxygen atoms in total. The number of hydrogen-bond acceptors (Lipinski definition) is 6. The molecule has 5 rings (SSSR count). The summed E-state index contributed by atoms with van der Waals surface area (Å²) in [5.41, 5.74) is 3.58. The summed E-state index contributed by atoms with van der Waals surface area (Å²) in [7, 11) is 0. The Balaban J connectivity index is 1.31. The van der Waals surface area contributed by atoms with Crippen molar-refractivity contribution in [2.75, 3.05) is 11.5 Å². The van der Waals surface area contributed by atoms with E-state index in [4.69, 9.17) is 16.3 Å². The molecule has 3 aromatic rings. The van der Waals surface area contributed by atoms with Crippen LogP contribution < -0.4 is 4.90 Å². The molecule has 0 bridgehead atoms. The van der Waals surface area contributed by atoms with Gasteiger partial charge in [-0.25, -0.2) is 4.39 Å². The minimum absolute atomic E-state index is 0.0387. The zero-order valence-electron chi connectivity index (χ0n) is 21.8. The van der Waals surface area contributed by atoms with E-state index in [2.05, 4.69) is 0 Å². The molecule has 0 aliphatic carbocycles. The Morgan fingerprint density at radius 1 is 0.825 bits per heavy atom. The smallest absolute Gasteiger partial charge is 0.233 e. The number of ether oxygens (including phenoxy) is 1. The number of hydrogen-bond donors (Lipinski definition) is 4. The summed E-state index contributed by atoms with van der Waals surface area (Å²) in [4.78, 5) is 15.1. The zero-order valence-corrected chi connectivity index (χ0v) is 22.6. The van der Waals surface area contributed by atoms with Gasteiger partial charge in [0.15, 0.2) is 0 Å². The molecule has 3 aromatic carbocycles. The van der Waals surface area contributed by atoms with Gasteiger partial charge < -0.3 is 30.1 Å². The molecule has 2 fully saturated rings. The fraction of sp³-hybridized carbons (Fsp3) is 0.387. The van der Waals surface area contributed by atoms with Crippen LogP contribution in [0.4, 0.5) is 10.1 Å². The molecular formula is C31H33ClFNO6. The van der Waals surface area contributed by atoms with Crippen molar-refractivity contribution in [2.24, 2.45) is 5.92 Å². The predicted octanol–water partition coefficient (Wildman–Crippen LogP) is 3.59. The first-order valence-corrected chi connectivity index (χ1v) is 13.9. The van der Waals surface area contributed by atoms with Gasteiger partial charge in [0, 0.05) is 17.1 Å². The second kappa shape index (κ2) is 12.3. The molecule has 1 amide bonds. The number of carbonyl (C=O) groups excluding carboxylic acids is 1. The highest BCUT2D eigenvalue weighted by Gasteiger charge is 2.48. The molecule has 4 N–H and O–H groups in total. The van der Waals surface area contributed by atoms with E-state index >= 15 is 0 Å². The zero-order chi connectivity index (χ0) is 28.4. The molecule has 2 aliphatic heterocycles. The van der Waals surface area contributed by atoms with Crippen LogP contribution in [-0.4, -0.2) is 63.5 Å². The molecule has 40 heavy (non-hydrogen) atoms. The standard InChI is InChI=1S/C31H33ClFNO6/c32-21-10-14-23(15-11-21)34-27(24(31(34)39)3-1-2-18-6-12-22(33)13-7-18)20-8-4-19(5-9-20)16-25-28(36)30(38)29(37)26(17-35)40-25/h4-15,24-30,35-38H,1-3,16-17H2/t24-,25+,26-,27-,28+,29-,30-/m1/s1. The van der Waals surface area contributed by atoms with Gasteiger partial charge in [-0.3, -0.25) is 4.79 Å². The van der Waals surface area contributed by atoms with Crippen LogP contribution >= 0.6 is 11.6 Å². The summed E-state index contributed by atoms with van der Waals surface area (Å²) >= 11 is 6.08. The number of amides is 1. The number of aliphatic hydroxyl groups is 4. The lowest BCUT2D eigenvalue weighted by molar-refractivity contribution is -0.228. The van der Waals surface area contributed by atoms with Gasteiger partial charge >= 0.3 is 0 Å². The van der Waals surface area contributed by atoms with Crippen molar-refractivity contribution in [1.29, 1.82) is 0 Å². The minimum Gasteiger partial charge on any atom is -0.394 e. The average molecular weight is 570 g/mol. The summed E-state index contributed by atoms with van der Waals surface area (Å²) in [6.45, 7) is -0.473. The molecule has 212 valence electrons. The Morgan fingerprint density at radius 2 is 1.45 bits per heavy atom. The lowest BCUT2D eigenvalue weighted by atomic mass is 9.78. The van der Waals surface area contributed by atoms with E-state index in [-0.39, 0.29) is 30.1 Å². The number of halogens is 2. The highest BCUT2D eigenvalue weighted by molar-refractivity contribution is 6.30. The molecular weight excluding hydrogens is 537 g/mol. The van der Waals surface area contributed by atoms with E-state index in [0.717, 1.165) is 35.2 Å². The number of anilines is 1. The number of rotatable bonds is 9. The van der Waals surface area contributed by atoms with Crippen LogP contribution in [-0.2, 0) is 22.4 Å². The maximum absolute atomic E-state index is 13.3. The highest BCUT2D eigenvalue weighted by atomic mass is 35.5. The Labute approximate surface area is 237 Å². The largest absolute Gasteiger partial charge is 0.394 e. The first-order chi connectivity index (χ1) is 19.3. The molecule has 2 aliphatic rings. The average Bonchev–Trinajstić information content (AvgIpc) is 2.96. The molecule has 2 heterocycles. The fourth-order valence-corrected chi connectivity index (χ4v) is 5.83. The Bertz CT molecular complexity index is 1290. The number of β-lactam (4-membered cyclic amide) rings is 1. The Kier molecular flexibility index (Phi) is 8.85. The van der Waals surface area contributed by atoms with E-state index in [9.17, 15) is 29.6 Å². The van der Waals surface area contributed by atoms with Crippen LogP contribution in [0.5, 0.6) is 0 Å². The maximum Gasteiger partial charge on any atom is 0.233 e. The third kappa shape index (κ3) is 5.93. The van der Waals surface area contributed by atoms with E-state index in [1.54, 1.807) is 29.2 Å². The van der Waals surface area contributed by atoms with Gasteiger partial charge in [-0.05, 0) is 72.4 Å². The van der Waals surface area contributed by atoms with Crippen LogP contribution in [0.15, 0.2) is 72.8 Å². The van der Waals surface area contributed by atoms with Crippen molar-refractivity contribution in [1.82, 2.24) is 0 Å². The van der Waals surface area contributed by atoms with Crippen molar-refractivity contribution in [3.8, 4) is 0 Å². The van der Waals surface area contributed by atoms with Crippen LogP contribution in [0.25, 0.3) is 0 Å². The van der Waals surface area contributed by atoms with Gasteiger partial charge in [-0.2, -0.15) is 0 Å². The normalized spacial score (nSPS) is 28.4. The fourth-order valence-electron chi connectivity index (χ4n) is 5.71. The second-order valence-electron chi connectivity index (χ2n) is 10.6. The second-order valence-corrected chi connectivity index (χ2v) is 11.0. The minimum atomic E-state index is -1.42. The van der Waals surface area contributed by atoms with Crippen molar-refractivity contribution in [3.63, 3.8) is 0 Å². The van der Waals surface area contributed by atoms with E-state index < -0.39 is 37.1 Å². The van der Waals surface area contributed by atoms with Crippen molar-refractivity contribution in [2.45, 2.75) is 62.2 Å². The number of nitrogens with zero attached hydrogens (tertiary/aromatic N) is 1. The quantitative estimate of drug-likeness (QED) is 0.293. The van der Waals surface area contributed by atoms with Gasteiger partial charge in [0.1, 0.15) is 30.2 Å². The van der Waals surface area contributed by atoms with Crippen LogP contribution in [0.2, 0.25) is 5.02 Å². The van der Waals surface area contributed by atoms with Gasteiger partial charge in [0.2, 0.25) is 5.91 Å². The Hall–Kier alpha value is -2.85. The summed E-state index contributed by atoms with van der Waals surface area (Å²) in [6, 6.07) is 21.1. The molecule has 9 heteroatoms. The first-order valence-electron chi connectivity index (χ1n) is 13.5. The molecule has 7 atom stereocenters. The van der Waals surface area contributed by atoms with E-state index in [1.165, 1.54) is 12.1 Å². The van der Waals surface area contributed by atoms with Gasteiger partial charge in [-0.15, -0.1) is 0 Å². The molecule has 0 spiro atoms. The predicted molar refractivity (Wildman–Crippen MR) is 148 cm³/mol. The summed E-state index contributed by atoms with van der Waals surface area (Å²) in [5.74, 6) is -0.448. The van der Waals surface area contributed by atoms with Crippen molar-refractivity contribution >= 4 is 23.2 Å². The monoisotopic (exact) mass is 569 g/mol. The van der Waals surface area contributed by atoms with Crippen LogP contribution in [0, 0.1) is 11.7 Å². The molecule has 0 unspecified atom stereocenters. The number of benzene rings is 3. The summed E-state index contributed by atoms with van der Waals surface area (Å²) in [5, 5.41) is 40.6. The lowest BCUT2D eigenvalue weighted by Gasteiger charge is -2.48. The SMILES string of the molecule is O=C1[C@H](CCCc2ccc(F)cc2)[C@@H](c2ccc(C[C@@H]3O[C@H](CO)[C@@H](O)[C@H](O)[C@H]3O)cc2)N1c1ccc(Cl)cc1. The van der Waals surface area contributed by atoms with Crippen molar-refractivity contribution in [3.05, 3.63) is 100 Å². The van der Waals surface area contributed by atoms with Crippen molar-refractivity contribution < 1.29 is 34.3 Å². The summed E-state index contributed by atoms with van der Waals surface area (Å²) < 4.78 is 18.9. The number of carbonyl (C=O) groups is 1. The van der Waals surface area contributed by atoms with Gasteiger partial charge in [0.05, 0.1) is 24.7 Å². The van der Waals surface area contributed by atoms with Gasteiger partial charge in [-0.1, -0.05) is 48.0 Å². The molecule has 0 saturated carbocycles. The molecule has 0 aromatic heterocycles. The lowest BCUT2D eigenvalue weighted by Crippen LogP contribution is -2.59. The van der Waals surface area contributed by atoms with Crippen LogP contribution in [0.1, 0.15) is 35.6 Å². The molecule has 0 radical (unpaired) electrons. The topological polar surface area (TPSA) is 110 Å². The molecule has 2 saturated heterocycles. The van der Waals surface area contributed by atoms with Crippen LogP contribution in [0.3, 0.4) is 0 Å². The maximum atomic E-state index is 13.3. The van der Waals surface area contributed by atoms with E-state index in [1.807, 2.05) is 36.4 Å². The third-order valence-electron chi connectivity index (χ3n) is 7.96. The third-order valence-corrected chi connectivity index (χ3v) is 8.21. The number of aliphatic hydroxyl groups excluding tert-OH is 4. The van der Waals surface area contributed by atoms with E-state index in [0.29, 0.717) is 11.4 Å². The first kappa shape index (κ1) is 28.7.